The molecule has 2 amide bonds. The van der Waals surface area contributed by atoms with Gasteiger partial charge in [0, 0.05) is 12.6 Å². The van der Waals surface area contributed by atoms with Crippen molar-refractivity contribution in [3.8, 4) is 0 Å². The topological polar surface area (TPSA) is 89.9 Å². The minimum atomic E-state index is -1.03. The Morgan fingerprint density at radius 1 is 1.25 bits per heavy atom. The van der Waals surface area contributed by atoms with Crippen LogP contribution in [0.1, 0.15) is 46.0 Å². The number of amides is 2. The highest BCUT2D eigenvalue weighted by molar-refractivity contribution is 5.83. The molecule has 0 aromatic heterocycles. The number of carboxylic acid groups (broad SMARTS) is 1. The Bertz CT molecular complexity index is 327. The standard InChI is InChI=1S/C14H26N2O4/c1-10(2)12(13(18)19)15-14(20)16(8-9-17)11-6-4-3-5-7-11/h10-12,17H,3-9H2,1-2H3,(H,15,20)(H,18,19)/t12-/m1/s1. The van der Waals surface area contributed by atoms with Crippen molar-refractivity contribution in [1.29, 1.82) is 0 Å². The zero-order valence-electron chi connectivity index (χ0n) is 12.3. The molecule has 1 fully saturated rings. The average molecular weight is 286 g/mol. The summed E-state index contributed by atoms with van der Waals surface area (Å²) in [6.07, 6.45) is 5.17. The number of carbonyl (C=O) groups excluding carboxylic acids is 1. The van der Waals surface area contributed by atoms with Crippen LogP contribution in [0, 0.1) is 5.92 Å². The third kappa shape index (κ3) is 4.67. The van der Waals surface area contributed by atoms with Gasteiger partial charge < -0.3 is 20.4 Å². The van der Waals surface area contributed by atoms with Gasteiger partial charge in [-0.05, 0) is 18.8 Å². The molecule has 3 N–H and O–H groups in total. The molecule has 0 radical (unpaired) electrons. The van der Waals surface area contributed by atoms with E-state index in [4.69, 9.17) is 10.2 Å². The lowest BCUT2D eigenvalue weighted by Crippen LogP contribution is -2.54. The molecule has 6 nitrogen and oxygen atoms in total. The molecule has 0 spiro atoms. The molecule has 1 aliphatic carbocycles. The first-order valence-electron chi connectivity index (χ1n) is 7.38. The van der Waals surface area contributed by atoms with E-state index in [1.165, 1.54) is 6.42 Å². The molecule has 1 aliphatic rings. The second kappa shape index (κ2) is 8.09. The van der Waals surface area contributed by atoms with Gasteiger partial charge in [0.25, 0.3) is 0 Å². The Kier molecular flexibility index (Phi) is 6.78. The van der Waals surface area contributed by atoms with Crippen LogP contribution in [-0.2, 0) is 4.79 Å². The number of nitrogens with zero attached hydrogens (tertiary/aromatic N) is 1. The van der Waals surface area contributed by atoms with Gasteiger partial charge in [-0.1, -0.05) is 33.1 Å². The van der Waals surface area contributed by atoms with Crippen LogP contribution in [0.2, 0.25) is 0 Å². The Hall–Kier alpha value is -1.30. The van der Waals surface area contributed by atoms with Gasteiger partial charge >= 0.3 is 12.0 Å². The van der Waals surface area contributed by atoms with E-state index in [0.29, 0.717) is 0 Å². The highest BCUT2D eigenvalue weighted by Crippen LogP contribution is 2.22. The molecule has 0 saturated heterocycles. The zero-order chi connectivity index (χ0) is 15.1. The number of carboxylic acids is 1. The first-order chi connectivity index (χ1) is 9.47. The summed E-state index contributed by atoms with van der Waals surface area (Å²) in [6.45, 7) is 3.66. The smallest absolute Gasteiger partial charge is 0.326 e. The van der Waals surface area contributed by atoms with Crippen LogP contribution in [-0.4, -0.2) is 52.3 Å². The SMILES string of the molecule is CC(C)[C@@H](NC(=O)N(CCO)C1CCCCC1)C(=O)O. The normalized spacial score (nSPS) is 17.8. The van der Waals surface area contributed by atoms with Gasteiger partial charge in [-0.25, -0.2) is 9.59 Å². The molecule has 1 atom stereocenters. The largest absolute Gasteiger partial charge is 0.480 e. The Labute approximate surface area is 120 Å². The molecule has 6 heteroatoms. The maximum Gasteiger partial charge on any atom is 0.326 e. The van der Waals surface area contributed by atoms with E-state index in [1.807, 2.05) is 0 Å². The first-order valence-corrected chi connectivity index (χ1v) is 7.38. The molecular weight excluding hydrogens is 260 g/mol. The molecular formula is C14H26N2O4. The molecule has 0 bridgehead atoms. The van der Waals surface area contributed by atoms with E-state index in [0.717, 1.165) is 25.7 Å². The fourth-order valence-electron chi connectivity index (χ4n) is 2.68. The van der Waals surface area contributed by atoms with Crippen molar-refractivity contribution in [2.24, 2.45) is 5.92 Å². The number of nitrogens with one attached hydrogen (secondary N) is 1. The fraction of sp³-hybridized carbons (Fsp3) is 0.857. The maximum atomic E-state index is 12.3. The summed E-state index contributed by atoms with van der Waals surface area (Å²) in [5.74, 6) is -1.21. The van der Waals surface area contributed by atoms with Gasteiger partial charge in [0.15, 0.2) is 0 Å². The van der Waals surface area contributed by atoms with Gasteiger partial charge in [-0.2, -0.15) is 0 Å². The number of aliphatic hydroxyl groups is 1. The minimum Gasteiger partial charge on any atom is -0.480 e. The predicted molar refractivity (Wildman–Crippen MR) is 75.5 cm³/mol. The van der Waals surface area contributed by atoms with Gasteiger partial charge in [-0.15, -0.1) is 0 Å². The van der Waals surface area contributed by atoms with Crippen molar-refractivity contribution in [3.63, 3.8) is 0 Å². The number of hydrogen-bond acceptors (Lipinski definition) is 3. The Morgan fingerprint density at radius 2 is 1.85 bits per heavy atom. The van der Waals surface area contributed by atoms with Crippen LogP contribution < -0.4 is 5.32 Å². The van der Waals surface area contributed by atoms with E-state index in [-0.39, 0.29) is 31.1 Å². The van der Waals surface area contributed by atoms with Gasteiger partial charge in [-0.3, -0.25) is 0 Å². The highest BCUT2D eigenvalue weighted by Gasteiger charge is 2.29. The van der Waals surface area contributed by atoms with Gasteiger partial charge in [0.1, 0.15) is 6.04 Å². The summed E-state index contributed by atoms with van der Waals surface area (Å²) < 4.78 is 0. The number of carbonyl (C=O) groups is 2. The summed E-state index contributed by atoms with van der Waals surface area (Å²) in [6, 6.07) is -1.17. The van der Waals surface area contributed by atoms with Crippen LogP contribution in [0.5, 0.6) is 0 Å². The van der Waals surface area contributed by atoms with Gasteiger partial charge in [0.05, 0.1) is 6.61 Å². The summed E-state index contributed by atoms with van der Waals surface area (Å²) in [4.78, 5) is 25.0. The number of aliphatic hydroxyl groups excluding tert-OH is 1. The molecule has 0 unspecified atom stereocenters. The third-order valence-corrected chi connectivity index (χ3v) is 3.83. The molecule has 0 aliphatic heterocycles. The first kappa shape index (κ1) is 16.8. The van der Waals surface area contributed by atoms with E-state index >= 15 is 0 Å². The van der Waals surface area contributed by atoms with Crippen molar-refractivity contribution in [1.82, 2.24) is 10.2 Å². The van der Waals surface area contributed by atoms with Crippen LogP contribution in [0.15, 0.2) is 0 Å². The van der Waals surface area contributed by atoms with Crippen LogP contribution in [0.25, 0.3) is 0 Å². The fourth-order valence-corrected chi connectivity index (χ4v) is 2.68. The van der Waals surface area contributed by atoms with Crippen molar-refractivity contribution in [2.75, 3.05) is 13.2 Å². The lowest BCUT2D eigenvalue weighted by molar-refractivity contribution is -0.140. The third-order valence-electron chi connectivity index (χ3n) is 3.83. The summed E-state index contributed by atoms with van der Waals surface area (Å²) in [5, 5.41) is 20.8. The van der Waals surface area contributed by atoms with E-state index in [2.05, 4.69) is 5.32 Å². The molecule has 1 rings (SSSR count). The zero-order valence-corrected chi connectivity index (χ0v) is 12.3. The van der Waals surface area contributed by atoms with E-state index < -0.39 is 12.0 Å². The quantitative estimate of drug-likeness (QED) is 0.689. The number of rotatable bonds is 6. The van der Waals surface area contributed by atoms with Crippen molar-refractivity contribution < 1.29 is 19.8 Å². The molecule has 116 valence electrons. The van der Waals surface area contributed by atoms with E-state index in [1.54, 1.807) is 18.7 Å². The predicted octanol–water partition coefficient (Wildman–Crippen LogP) is 1.43. The number of hydrogen-bond donors (Lipinski definition) is 3. The Balaban J connectivity index is 2.69. The molecule has 20 heavy (non-hydrogen) atoms. The summed E-state index contributed by atoms with van der Waals surface area (Å²) in [7, 11) is 0. The Morgan fingerprint density at radius 3 is 2.30 bits per heavy atom. The molecule has 0 heterocycles. The number of aliphatic carboxylic acids is 1. The molecule has 1 saturated carbocycles. The summed E-state index contributed by atoms with van der Waals surface area (Å²) >= 11 is 0. The second-order valence-corrected chi connectivity index (χ2v) is 5.72. The lowest BCUT2D eigenvalue weighted by atomic mass is 9.94. The molecule has 0 aromatic carbocycles. The summed E-state index contributed by atoms with van der Waals surface area (Å²) in [5.41, 5.74) is 0. The average Bonchev–Trinajstić information content (AvgIpc) is 2.42. The lowest BCUT2D eigenvalue weighted by Gasteiger charge is -2.35. The minimum absolute atomic E-state index is 0.108. The van der Waals surface area contributed by atoms with Crippen LogP contribution >= 0.6 is 0 Å². The highest BCUT2D eigenvalue weighted by atomic mass is 16.4. The van der Waals surface area contributed by atoms with Gasteiger partial charge in [0.2, 0.25) is 0 Å². The van der Waals surface area contributed by atoms with Crippen molar-refractivity contribution >= 4 is 12.0 Å². The second-order valence-electron chi connectivity index (χ2n) is 5.72. The van der Waals surface area contributed by atoms with Crippen molar-refractivity contribution in [2.45, 2.75) is 58.0 Å². The monoisotopic (exact) mass is 286 g/mol. The van der Waals surface area contributed by atoms with E-state index in [9.17, 15) is 9.59 Å². The van der Waals surface area contributed by atoms with Crippen LogP contribution in [0.3, 0.4) is 0 Å². The number of urea groups is 1. The maximum absolute atomic E-state index is 12.3. The molecule has 0 aromatic rings. The van der Waals surface area contributed by atoms with Crippen molar-refractivity contribution in [3.05, 3.63) is 0 Å². The van der Waals surface area contributed by atoms with Crippen LogP contribution in [0.4, 0.5) is 4.79 Å².